The minimum atomic E-state index is -3.70. The Morgan fingerprint density at radius 1 is 0.912 bits per heavy atom. The summed E-state index contributed by atoms with van der Waals surface area (Å²) in [6.45, 7) is 4.87. The van der Waals surface area contributed by atoms with E-state index in [2.05, 4.69) is 14.9 Å². The summed E-state index contributed by atoms with van der Waals surface area (Å²) < 4.78 is 27.7. The van der Waals surface area contributed by atoms with Gasteiger partial charge >= 0.3 is 0 Å². The number of amides is 2. The molecule has 9 heteroatoms. The third kappa shape index (κ3) is 6.02. The van der Waals surface area contributed by atoms with Gasteiger partial charge in [0, 0.05) is 56.9 Å². The molecule has 2 aromatic rings. The minimum Gasteiger partial charge on any atom is -0.336 e. The molecule has 1 heterocycles. The lowest BCUT2D eigenvalue weighted by Gasteiger charge is -2.38. The normalized spacial score (nSPS) is 17.6. The molecule has 4 rings (SSSR count). The maximum absolute atomic E-state index is 12.9. The van der Waals surface area contributed by atoms with Gasteiger partial charge in [-0.1, -0.05) is 25.0 Å². The van der Waals surface area contributed by atoms with Gasteiger partial charge < -0.3 is 10.2 Å². The van der Waals surface area contributed by atoms with Crippen LogP contribution in [0.1, 0.15) is 48.5 Å². The Balaban J connectivity index is 1.29. The number of hydrogen-bond donors (Lipinski definition) is 2. The fourth-order valence-electron chi connectivity index (χ4n) is 4.69. The van der Waals surface area contributed by atoms with Gasteiger partial charge in [-0.05, 0) is 54.8 Å². The summed E-state index contributed by atoms with van der Waals surface area (Å²) in [5.41, 5.74) is 1.92. The first-order valence-corrected chi connectivity index (χ1v) is 13.3. The zero-order valence-electron chi connectivity index (χ0n) is 19.5. The van der Waals surface area contributed by atoms with Crippen LogP contribution in [0, 0.1) is 0 Å². The maximum Gasteiger partial charge on any atom is 0.253 e. The van der Waals surface area contributed by atoms with Gasteiger partial charge in [0.15, 0.2) is 0 Å². The van der Waals surface area contributed by atoms with E-state index in [1.807, 2.05) is 4.90 Å². The van der Waals surface area contributed by atoms with Crippen molar-refractivity contribution in [1.82, 2.24) is 14.5 Å². The quantitative estimate of drug-likeness (QED) is 0.630. The fourth-order valence-corrected chi connectivity index (χ4v) is 5.71. The molecule has 2 amide bonds. The van der Waals surface area contributed by atoms with Gasteiger partial charge in [0.2, 0.25) is 15.9 Å². The second-order valence-corrected chi connectivity index (χ2v) is 10.8. The number of benzene rings is 2. The first kappa shape index (κ1) is 24.4. The number of sulfonamides is 1. The van der Waals surface area contributed by atoms with Crippen molar-refractivity contribution in [3.8, 4) is 0 Å². The molecule has 1 saturated carbocycles. The highest BCUT2D eigenvalue weighted by molar-refractivity contribution is 7.89. The zero-order chi connectivity index (χ0) is 24.1. The number of hydrogen-bond acceptors (Lipinski definition) is 5. The van der Waals surface area contributed by atoms with Crippen LogP contribution in [0.4, 0.5) is 5.69 Å². The first-order valence-electron chi connectivity index (χ1n) is 11.8. The number of nitrogens with one attached hydrogen (secondary N) is 2. The largest absolute Gasteiger partial charge is 0.336 e. The highest BCUT2D eigenvalue weighted by Gasteiger charge is 2.28. The van der Waals surface area contributed by atoms with Crippen LogP contribution in [0.5, 0.6) is 0 Å². The lowest BCUT2D eigenvalue weighted by atomic mass is 10.1. The third-order valence-electron chi connectivity index (χ3n) is 6.59. The van der Waals surface area contributed by atoms with E-state index in [9.17, 15) is 18.0 Å². The molecular weight excluding hydrogens is 452 g/mol. The smallest absolute Gasteiger partial charge is 0.253 e. The predicted octanol–water partition coefficient (Wildman–Crippen LogP) is 2.82. The molecule has 1 saturated heterocycles. The molecular formula is C25H32N4O4S. The Hall–Kier alpha value is -2.75. The summed E-state index contributed by atoms with van der Waals surface area (Å²) in [5.74, 6) is -0.195. The zero-order valence-corrected chi connectivity index (χ0v) is 20.3. The highest BCUT2D eigenvalue weighted by atomic mass is 32.2. The van der Waals surface area contributed by atoms with Crippen molar-refractivity contribution < 1.29 is 18.0 Å². The van der Waals surface area contributed by atoms with Crippen LogP contribution in [0.15, 0.2) is 53.4 Å². The molecule has 0 aromatic heterocycles. The molecule has 2 aromatic carbocycles. The molecule has 0 unspecified atom stereocenters. The van der Waals surface area contributed by atoms with E-state index in [0.717, 1.165) is 31.7 Å². The predicted molar refractivity (Wildman–Crippen MR) is 131 cm³/mol. The topological polar surface area (TPSA) is 98.8 Å². The molecule has 0 atom stereocenters. The van der Waals surface area contributed by atoms with Crippen LogP contribution in [-0.2, 0) is 21.4 Å². The standard InChI is InChI=1S/C25H32N4O4S/c1-19(30)27-22-10-12-24(13-11-22)34(32,33)26-18-20-6-8-21(9-7-20)25(31)29-16-14-28(15-17-29)23-4-2-3-5-23/h6-13,23,26H,2-5,14-18H2,1H3,(H,27,30). The van der Waals surface area contributed by atoms with Gasteiger partial charge in [-0.3, -0.25) is 14.5 Å². The Labute approximate surface area is 201 Å². The summed E-state index contributed by atoms with van der Waals surface area (Å²) in [7, 11) is -3.70. The number of carbonyl (C=O) groups excluding carboxylic acids is 2. The van der Waals surface area contributed by atoms with Gasteiger partial charge in [-0.15, -0.1) is 0 Å². The van der Waals surface area contributed by atoms with Gasteiger partial charge in [0.05, 0.1) is 4.90 Å². The summed E-state index contributed by atoms with van der Waals surface area (Å²) in [6, 6.07) is 13.8. The second kappa shape index (κ2) is 10.7. The van der Waals surface area contributed by atoms with Crippen molar-refractivity contribution in [2.24, 2.45) is 0 Å². The Morgan fingerprint density at radius 3 is 2.12 bits per heavy atom. The number of piperazine rings is 1. The molecule has 0 bridgehead atoms. The summed E-state index contributed by atoms with van der Waals surface area (Å²) in [6.07, 6.45) is 5.19. The lowest BCUT2D eigenvalue weighted by molar-refractivity contribution is -0.114. The Kier molecular flexibility index (Phi) is 7.65. The molecule has 8 nitrogen and oxygen atoms in total. The number of carbonyl (C=O) groups is 2. The van der Waals surface area contributed by atoms with Crippen LogP contribution in [0.2, 0.25) is 0 Å². The van der Waals surface area contributed by atoms with Crippen molar-refractivity contribution >= 4 is 27.5 Å². The average Bonchev–Trinajstić information content (AvgIpc) is 3.38. The second-order valence-electron chi connectivity index (χ2n) is 8.99. The van der Waals surface area contributed by atoms with E-state index >= 15 is 0 Å². The van der Waals surface area contributed by atoms with Crippen LogP contribution in [0.25, 0.3) is 0 Å². The highest BCUT2D eigenvalue weighted by Crippen LogP contribution is 2.24. The monoisotopic (exact) mass is 484 g/mol. The molecule has 182 valence electrons. The maximum atomic E-state index is 12.9. The molecule has 2 aliphatic rings. The number of anilines is 1. The van der Waals surface area contributed by atoms with Crippen molar-refractivity contribution in [2.45, 2.75) is 50.1 Å². The van der Waals surface area contributed by atoms with Gasteiger partial charge in [0.1, 0.15) is 0 Å². The number of nitrogens with zero attached hydrogens (tertiary/aromatic N) is 2. The Bertz CT molecular complexity index is 1100. The van der Waals surface area contributed by atoms with Crippen molar-refractivity contribution in [3.63, 3.8) is 0 Å². The van der Waals surface area contributed by atoms with Gasteiger partial charge in [-0.2, -0.15) is 0 Å². The number of rotatable bonds is 7. The van der Waals surface area contributed by atoms with Crippen molar-refractivity contribution in [3.05, 3.63) is 59.7 Å². The average molecular weight is 485 g/mol. The van der Waals surface area contributed by atoms with E-state index in [4.69, 9.17) is 0 Å². The SMILES string of the molecule is CC(=O)Nc1ccc(S(=O)(=O)NCc2ccc(C(=O)N3CCN(C4CCCC4)CC3)cc2)cc1. The van der Waals surface area contributed by atoms with Crippen LogP contribution in [0.3, 0.4) is 0 Å². The molecule has 0 spiro atoms. The summed E-state index contributed by atoms with van der Waals surface area (Å²) in [5, 5.41) is 2.61. The minimum absolute atomic E-state index is 0.0254. The third-order valence-corrected chi connectivity index (χ3v) is 8.01. The molecule has 1 aliphatic heterocycles. The van der Waals surface area contributed by atoms with E-state index in [1.165, 1.54) is 44.7 Å². The van der Waals surface area contributed by atoms with Crippen molar-refractivity contribution in [1.29, 1.82) is 0 Å². The van der Waals surface area contributed by atoms with E-state index in [-0.39, 0.29) is 23.3 Å². The van der Waals surface area contributed by atoms with E-state index < -0.39 is 10.0 Å². The fraction of sp³-hybridized carbons (Fsp3) is 0.440. The first-order chi connectivity index (χ1) is 16.3. The summed E-state index contributed by atoms with van der Waals surface area (Å²) in [4.78, 5) is 28.6. The molecule has 0 radical (unpaired) electrons. The molecule has 2 N–H and O–H groups in total. The van der Waals surface area contributed by atoms with Crippen LogP contribution in [-0.4, -0.2) is 62.3 Å². The molecule has 34 heavy (non-hydrogen) atoms. The van der Waals surface area contributed by atoms with Crippen molar-refractivity contribution in [2.75, 3.05) is 31.5 Å². The van der Waals surface area contributed by atoms with Crippen LogP contribution < -0.4 is 10.0 Å². The Morgan fingerprint density at radius 2 is 1.53 bits per heavy atom. The summed E-state index contributed by atoms with van der Waals surface area (Å²) >= 11 is 0. The van der Waals surface area contributed by atoms with Crippen LogP contribution >= 0.6 is 0 Å². The molecule has 1 aliphatic carbocycles. The van der Waals surface area contributed by atoms with E-state index in [0.29, 0.717) is 17.3 Å². The molecule has 2 fully saturated rings. The van der Waals surface area contributed by atoms with E-state index in [1.54, 1.807) is 36.4 Å². The lowest BCUT2D eigenvalue weighted by Crippen LogP contribution is -2.51. The van der Waals surface area contributed by atoms with Gasteiger partial charge in [0.25, 0.3) is 5.91 Å². The van der Waals surface area contributed by atoms with Gasteiger partial charge in [-0.25, -0.2) is 13.1 Å².